The second-order valence-corrected chi connectivity index (χ2v) is 13.9. The van der Waals surface area contributed by atoms with E-state index in [0.29, 0.717) is 43.6 Å². The maximum absolute atomic E-state index is 14.3. The van der Waals surface area contributed by atoms with Crippen LogP contribution in [-0.2, 0) is 10.5 Å². The predicted octanol–water partition coefficient (Wildman–Crippen LogP) is 8.60. The van der Waals surface area contributed by atoms with Gasteiger partial charge in [0.25, 0.3) is 5.91 Å². The Morgan fingerprint density at radius 3 is 2.47 bits per heavy atom. The number of carbonyl (C=O) groups excluding carboxylic acids is 2. The molecule has 0 saturated heterocycles. The molecule has 0 saturated carbocycles. The van der Waals surface area contributed by atoms with Gasteiger partial charge in [0.05, 0.1) is 28.8 Å². The highest BCUT2D eigenvalue weighted by Crippen LogP contribution is 2.45. The molecule has 0 radical (unpaired) electrons. The minimum Gasteiger partial charge on any atom is -0.503 e. The molecule has 234 valence electrons. The maximum atomic E-state index is 14.3. The molecule has 4 aromatic carbocycles. The van der Waals surface area contributed by atoms with Gasteiger partial charge >= 0.3 is 0 Å². The van der Waals surface area contributed by atoms with Crippen LogP contribution in [0.3, 0.4) is 0 Å². The molecule has 1 atom stereocenters. The van der Waals surface area contributed by atoms with Crippen molar-refractivity contribution in [2.75, 3.05) is 11.5 Å². The number of ketones is 1. The minimum absolute atomic E-state index is 0.0225. The molecule has 2 aromatic heterocycles. The number of aromatic nitrogens is 3. The number of aliphatic hydroxyl groups excluding tert-OH is 1. The van der Waals surface area contributed by atoms with Gasteiger partial charge < -0.3 is 9.84 Å². The number of hydrogen-bond acceptors (Lipinski definition) is 10. The highest BCUT2D eigenvalue weighted by molar-refractivity contribution is 8.00. The first kappa shape index (κ1) is 30.8. The number of aliphatic hydroxyl groups is 1. The number of rotatable bonds is 10. The van der Waals surface area contributed by atoms with Crippen molar-refractivity contribution in [3.8, 4) is 16.3 Å². The third-order valence-corrected chi connectivity index (χ3v) is 11.1. The van der Waals surface area contributed by atoms with E-state index in [4.69, 9.17) is 4.74 Å². The van der Waals surface area contributed by atoms with Crippen LogP contribution in [-0.4, -0.2) is 38.6 Å². The molecular formula is C36H28N4O4S3. The van der Waals surface area contributed by atoms with Gasteiger partial charge in [0, 0.05) is 11.3 Å². The number of ether oxygens (including phenoxy) is 1. The van der Waals surface area contributed by atoms with Crippen molar-refractivity contribution in [1.82, 2.24) is 15.2 Å². The molecule has 0 aliphatic carbocycles. The van der Waals surface area contributed by atoms with E-state index in [2.05, 4.69) is 39.4 Å². The fraction of sp³-hybridized carbons (Fsp3) is 0.139. The van der Waals surface area contributed by atoms with E-state index in [1.165, 1.54) is 44.7 Å². The monoisotopic (exact) mass is 676 g/mol. The summed E-state index contributed by atoms with van der Waals surface area (Å²) in [6.45, 7) is 4.16. The summed E-state index contributed by atoms with van der Waals surface area (Å²) >= 11 is 4.01. The van der Waals surface area contributed by atoms with Crippen LogP contribution in [0.25, 0.3) is 21.3 Å². The number of thiazole rings is 1. The normalized spacial score (nSPS) is 14.7. The fourth-order valence-electron chi connectivity index (χ4n) is 5.61. The molecule has 1 aliphatic rings. The first-order valence-electron chi connectivity index (χ1n) is 14.9. The van der Waals surface area contributed by atoms with Crippen molar-refractivity contribution in [3.05, 3.63) is 130 Å². The zero-order valence-corrected chi connectivity index (χ0v) is 27.9. The summed E-state index contributed by atoms with van der Waals surface area (Å²) < 4.78 is 6.30. The SMILES string of the molecule is CCOc1ccc([C@@H]2C(C(=O)c3sc(-c4ccccc4)nc3C)=C(O)C(=O)N2c2nnc(SCc3cccc4ccccc34)s2)cc1. The molecular weight excluding hydrogens is 649 g/mol. The van der Waals surface area contributed by atoms with E-state index >= 15 is 0 Å². The standard InChI is InChI=1S/C36H28N4O4S3/c1-3-44-26-18-16-23(17-19-26)29-28(30(41)32-21(2)37-33(46-32)24-11-5-4-6-12-24)31(42)34(43)40(29)35-38-39-36(47-35)45-20-25-14-9-13-22-10-7-8-15-27(22)25/h4-19,29,42H,3,20H2,1-2H3/t29-/m1/s1. The summed E-state index contributed by atoms with van der Waals surface area (Å²) in [5, 5.41) is 23.4. The van der Waals surface area contributed by atoms with Crippen LogP contribution in [0.1, 0.15) is 39.5 Å². The van der Waals surface area contributed by atoms with Crippen LogP contribution in [0.15, 0.2) is 113 Å². The molecule has 0 spiro atoms. The van der Waals surface area contributed by atoms with Gasteiger partial charge in [-0.25, -0.2) is 4.98 Å². The first-order chi connectivity index (χ1) is 22.9. The average Bonchev–Trinajstić information content (AvgIpc) is 3.80. The quantitative estimate of drug-likeness (QED) is 0.0874. The van der Waals surface area contributed by atoms with Crippen LogP contribution in [0.4, 0.5) is 5.13 Å². The summed E-state index contributed by atoms with van der Waals surface area (Å²) in [5.41, 5.74) is 3.17. The van der Waals surface area contributed by atoms with E-state index in [1.54, 1.807) is 31.2 Å². The van der Waals surface area contributed by atoms with Crippen molar-refractivity contribution in [3.63, 3.8) is 0 Å². The minimum atomic E-state index is -0.934. The summed E-state index contributed by atoms with van der Waals surface area (Å²) in [7, 11) is 0. The molecule has 0 bridgehead atoms. The van der Waals surface area contributed by atoms with Gasteiger partial charge in [-0.2, -0.15) is 0 Å². The molecule has 1 N–H and O–H groups in total. The third kappa shape index (κ3) is 5.93. The van der Waals surface area contributed by atoms with Crippen LogP contribution >= 0.6 is 34.4 Å². The second-order valence-electron chi connectivity index (χ2n) is 10.7. The van der Waals surface area contributed by atoms with Crippen molar-refractivity contribution < 1.29 is 19.4 Å². The average molecular weight is 677 g/mol. The molecule has 0 unspecified atom stereocenters. The Morgan fingerprint density at radius 1 is 0.936 bits per heavy atom. The van der Waals surface area contributed by atoms with Gasteiger partial charge in [-0.15, -0.1) is 21.5 Å². The lowest BCUT2D eigenvalue weighted by Crippen LogP contribution is -2.31. The summed E-state index contributed by atoms with van der Waals surface area (Å²) in [4.78, 5) is 34.5. The summed E-state index contributed by atoms with van der Waals surface area (Å²) in [6.07, 6.45) is 0. The van der Waals surface area contributed by atoms with Crippen LogP contribution < -0.4 is 9.64 Å². The van der Waals surface area contributed by atoms with Crippen LogP contribution in [0, 0.1) is 6.92 Å². The first-order valence-corrected chi connectivity index (χ1v) is 17.5. The smallest absolute Gasteiger partial charge is 0.296 e. The van der Waals surface area contributed by atoms with Crippen molar-refractivity contribution in [1.29, 1.82) is 0 Å². The lowest BCUT2D eigenvalue weighted by atomic mass is 9.95. The highest BCUT2D eigenvalue weighted by Gasteiger charge is 2.46. The number of aryl methyl sites for hydroxylation is 1. The lowest BCUT2D eigenvalue weighted by molar-refractivity contribution is -0.117. The Labute approximate surface area is 283 Å². The molecule has 7 rings (SSSR count). The van der Waals surface area contributed by atoms with Crippen molar-refractivity contribution in [2.45, 2.75) is 30.0 Å². The van der Waals surface area contributed by atoms with Gasteiger partial charge in [-0.05, 0) is 47.9 Å². The molecule has 6 aromatic rings. The van der Waals surface area contributed by atoms with E-state index in [1.807, 2.05) is 55.5 Å². The number of thioether (sulfide) groups is 1. The third-order valence-electron chi connectivity index (χ3n) is 7.82. The Kier molecular flexibility index (Phi) is 8.59. The van der Waals surface area contributed by atoms with Gasteiger partial charge in [0.2, 0.25) is 10.9 Å². The number of carbonyl (C=O) groups is 2. The summed E-state index contributed by atoms with van der Waals surface area (Å²) in [6, 6.07) is 30.3. The van der Waals surface area contributed by atoms with Crippen molar-refractivity contribution in [2.24, 2.45) is 0 Å². The Balaban J connectivity index is 1.23. The molecule has 11 heteroatoms. The Hall–Kier alpha value is -4.84. The molecule has 8 nitrogen and oxygen atoms in total. The van der Waals surface area contributed by atoms with Crippen LogP contribution in [0.2, 0.25) is 0 Å². The molecule has 3 heterocycles. The van der Waals surface area contributed by atoms with Crippen molar-refractivity contribution >= 4 is 62.0 Å². The van der Waals surface area contributed by atoms with E-state index < -0.39 is 23.5 Å². The Bertz CT molecular complexity index is 2140. The molecule has 0 fully saturated rings. The summed E-state index contributed by atoms with van der Waals surface area (Å²) in [5.74, 6) is -0.456. The van der Waals surface area contributed by atoms with Gasteiger partial charge in [0.15, 0.2) is 10.1 Å². The zero-order chi connectivity index (χ0) is 32.5. The number of amides is 1. The number of anilines is 1. The van der Waals surface area contributed by atoms with E-state index in [-0.39, 0.29) is 10.7 Å². The number of benzene rings is 4. The second kappa shape index (κ2) is 13.1. The Morgan fingerprint density at radius 2 is 1.68 bits per heavy atom. The molecule has 47 heavy (non-hydrogen) atoms. The highest BCUT2D eigenvalue weighted by atomic mass is 32.2. The predicted molar refractivity (Wildman–Crippen MR) is 188 cm³/mol. The van der Waals surface area contributed by atoms with E-state index in [9.17, 15) is 14.7 Å². The molecule has 1 amide bonds. The number of nitrogens with zero attached hydrogens (tertiary/aromatic N) is 4. The number of fused-ring (bicyclic) bond motifs is 1. The van der Waals surface area contributed by atoms with E-state index in [0.717, 1.165) is 16.5 Å². The number of hydrogen-bond donors (Lipinski definition) is 1. The largest absolute Gasteiger partial charge is 0.503 e. The molecule has 1 aliphatic heterocycles. The van der Waals surface area contributed by atoms with Crippen LogP contribution in [0.5, 0.6) is 5.75 Å². The van der Waals surface area contributed by atoms with Gasteiger partial charge in [-0.3, -0.25) is 14.5 Å². The topological polar surface area (TPSA) is 106 Å². The maximum Gasteiger partial charge on any atom is 0.296 e. The fourth-order valence-corrected chi connectivity index (χ4v) is 8.51. The lowest BCUT2D eigenvalue weighted by Gasteiger charge is -2.24. The zero-order valence-electron chi connectivity index (χ0n) is 25.4. The van der Waals surface area contributed by atoms with Gasteiger partial charge in [0.1, 0.15) is 10.8 Å². The van der Waals surface area contributed by atoms with Gasteiger partial charge in [-0.1, -0.05) is 108 Å². The number of Topliss-reactive ketones (excluding diaryl/α,β-unsaturated/α-hetero) is 1.